The van der Waals surface area contributed by atoms with E-state index in [1.165, 1.54) is 12.6 Å². The van der Waals surface area contributed by atoms with E-state index >= 15 is 0 Å². The van der Waals surface area contributed by atoms with Gasteiger partial charge in [0.15, 0.2) is 17.5 Å². The van der Waals surface area contributed by atoms with Gasteiger partial charge < -0.3 is 10.3 Å². The molecule has 0 aliphatic heterocycles. The summed E-state index contributed by atoms with van der Waals surface area (Å²) in [7, 11) is 0. The van der Waals surface area contributed by atoms with Gasteiger partial charge in [0.05, 0.1) is 11.2 Å². The van der Waals surface area contributed by atoms with Gasteiger partial charge in [-0.05, 0) is 24.8 Å². The van der Waals surface area contributed by atoms with Crippen LogP contribution in [0.25, 0.3) is 22.4 Å². The van der Waals surface area contributed by atoms with Crippen molar-refractivity contribution < 1.29 is 4.39 Å². The topological polar surface area (TPSA) is 66.5 Å². The van der Waals surface area contributed by atoms with Gasteiger partial charge >= 0.3 is 0 Å². The number of H-pyrrole nitrogens is 1. The lowest BCUT2D eigenvalue weighted by Gasteiger charge is -2.28. The van der Waals surface area contributed by atoms with Gasteiger partial charge in [0, 0.05) is 29.4 Å². The normalized spacial score (nSPS) is 20.8. The number of nitrogens with zero attached hydrogens (tertiary/aromatic N) is 3. The highest BCUT2D eigenvalue weighted by atomic mass is 35.5. The molecule has 5 nitrogen and oxygen atoms in total. The third-order valence-corrected chi connectivity index (χ3v) is 4.97. The Labute approximate surface area is 150 Å². The predicted molar refractivity (Wildman–Crippen MR) is 97.1 cm³/mol. The Kier molecular flexibility index (Phi) is 4.29. The summed E-state index contributed by atoms with van der Waals surface area (Å²) < 4.78 is 14.2. The molecule has 1 saturated carbocycles. The molecule has 0 spiro atoms. The first-order chi connectivity index (χ1) is 12.1. The van der Waals surface area contributed by atoms with Crippen LogP contribution < -0.4 is 5.32 Å². The quantitative estimate of drug-likeness (QED) is 0.704. The number of aromatic amines is 1. The molecule has 0 saturated heterocycles. The standard InChI is InChI=1S/C18H19ClFN5/c1-10-3-2-4-12(5-10)24-18-15(20)9-23-17(25-18)14-8-22-16-13(14)6-11(19)7-21-16/h6-10,12H,2-5H2,1H3,(H,21,22)(H,23,24,25)/t10-,12+/m1/s1. The molecule has 2 atom stereocenters. The van der Waals surface area contributed by atoms with Crippen LogP contribution in [0.1, 0.15) is 32.6 Å². The summed E-state index contributed by atoms with van der Waals surface area (Å²) >= 11 is 6.04. The van der Waals surface area contributed by atoms with Crippen LogP contribution in [-0.4, -0.2) is 26.0 Å². The molecule has 3 aromatic heterocycles. The maximum absolute atomic E-state index is 14.2. The number of hydrogen-bond acceptors (Lipinski definition) is 4. The van der Waals surface area contributed by atoms with Crippen molar-refractivity contribution >= 4 is 28.5 Å². The molecule has 2 N–H and O–H groups in total. The molecule has 0 aromatic carbocycles. The number of aromatic nitrogens is 4. The van der Waals surface area contributed by atoms with E-state index in [9.17, 15) is 4.39 Å². The predicted octanol–water partition coefficient (Wildman–Crippen LogP) is 4.80. The SMILES string of the molecule is C[C@@H]1CCC[C@H](Nc2nc(-c3c[nH]c4ncc(Cl)cc34)ncc2F)C1. The first kappa shape index (κ1) is 16.3. The summed E-state index contributed by atoms with van der Waals surface area (Å²) in [6, 6.07) is 2.05. The fraction of sp³-hybridized carbons (Fsp3) is 0.389. The summed E-state index contributed by atoms with van der Waals surface area (Å²) in [4.78, 5) is 15.9. The van der Waals surface area contributed by atoms with Crippen LogP contribution in [0.15, 0.2) is 24.7 Å². The number of halogens is 2. The number of anilines is 1. The van der Waals surface area contributed by atoms with Crippen LogP contribution in [0.3, 0.4) is 0 Å². The van der Waals surface area contributed by atoms with E-state index in [1.54, 1.807) is 18.5 Å². The van der Waals surface area contributed by atoms with Gasteiger partial charge in [-0.15, -0.1) is 0 Å². The maximum Gasteiger partial charge on any atom is 0.183 e. The van der Waals surface area contributed by atoms with Gasteiger partial charge in [0.25, 0.3) is 0 Å². The second-order valence-electron chi connectivity index (χ2n) is 6.76. The second-order valence-corrected chi connectivity index (χ2v) is 7.19. The van der Waals surface area contributed by atoms with Crippen molar-refractivity contribution in [2.75, 3.05) is 5.32 Å². The first-order valence-corrected chi connectivity index (χ1v) is 8.90. The molecule has 4 rings (SSSR count). The van der Waals surface area contributed by atoms with Crippen molar-refractivity contribution in [3.05, 3.63) is 35.5 Å². The van der Waals surface area contributed by atoms with Crippen LogP contribution in [0, 0.1) is 11.7 Å². The Morgan fingerprint density at radius 2 is 2.16 bits per heavy atom. The Bertz CT molecular complexity index is 910. The minimum absolute atomic E-state index is 0.250. The molecule has 25 heavy (non-hydrogen) atoms. The van der Waals surface area contributed by atoms with Gasteiger partial charge in [-0.3, -0.25) is 0 Å². The van der Waals surface area contributed by atoms with Crippen molar-refractivity contribution in [1.29, 1.82) is 0 Å². The van der Waals surface area contributed by atoms with E-state index in [2.05, 4.69) is 32.2 Å². The van der Waals surface area contributed by atoms with Crippen LogP contribution >= 0.6 is 11.6 Å². The fourth-order valence-electron chi connectivity index (χ4n) is 3.52. The zero-order valence-corrected chi connectivity index (χ0v) is 14.6. The maximum atomic E-state index is 14.2. The van der Waals surface area contributed by atoms with Gasteiger partial charge in [-0.2, -0.15) is 0 Å². The average Bonchev–Trinajstić information content (AvgIpc) is 3.00. The van der Waals surface area contributed by atoms with Crippen molar-refractivity contribution in [3.63, 3.8) is 0 Å². The Hall–Kier alpha value is -2.21. The lowest BCUT2D eigenvalue weighted by Crippen LogP contribution is -2.27. The lowest BCUT2D eigenvalue weighted by molar-refractivity contribution is 0.357. The van der Waals surface area contributed by atoms with Crippen LogP contribution in [0.4, 0.5) is 10.2 Å². The number of rotatable bonds is 3. The number of fused-ring (bicyclic) bond motifs is 1. The molecule has 0 radical (unpaired) electrons. The summed E-state index contributed by atoms with van der Waals surface area (Å²) in [5.41, 5.74) is 1.45. The van der Waals surface area contributed by atoms with E-state index < -0.39 is 5.82 Å². The average molecular weight is 360 g/mol. The van der Waals surface area contributed by atoms with Gasteiger partial charge in [0.1, 0.15) is 5.65 Å². The highest BCUT2D eigenvalue weighted by molar-refractivity contribution is 6.31. The second kappa shape index (κ2) is 6.59. The molecule has 130 valence electrons. The summed E-state index contributed by atoms with van der Waals surface area (Å²) in [6.45, 7) is 2.23. The van der Waals surface area contributed by atoms with Crippen molar-refractivity contribution in [2.24, 2.45) is 5.92 Å². The molecule has 1 aliphatic rings. The van der Waals surface area contributed by atoms with E-state index in [1.807, 2.05) is 0 Å². The van der Waals surface area contributed by atoms with Crippen molar-refractivity contribution in [3.8, 4) is 11.4 Å². The van der Waals surface area contributed by atoms with Gasteiger partial charge in [-0.1, -0.05) is 31.4 Å². The number of hydrogen-bond donors (Lipinski definition) is 2. The van der Waals surface area contributed by atoms with E-state index in [0.29, 0.717) is 22.4 Å². The molecule has 3 aromatic rings. The zero-order chi connectivity index (χ0) is 17.4. The molecule has 1 fully saturated rings. The first-order valence-electron chi connectivity index (χ1n) is 8.52. The van der Waals surface area contributed by atoms with Crippen LogP contribution in [0.2, 0.25) is 5.02 Å². The monoisotopic (exact) mass is 359 g/mol. The highest BCUT2D eigenvalue weighted by Gasteiger charge is 2.21. The third kappa shape index (κ3) is 3.31. The lowest BCUT2D eigenvalue weighted by atomic mass is 9.87. The van der Waals surface area contributed by atoms with E-state index in [4.69, 9.17) is 11.6 Å². The fourth-order valence-corrected chi connectivity index (χ4v) is 3.68. The minimum Gasteiger partial charge on any atom is -0.365 e. The molecule has 3 heterocycles. The van der Waals surface area contributed by atoms with Gasteiger partial charge in [0.2, 0.25) is 0 Å². The van der Waals surface area contributed by atoms with Crippen LogP contribution in [0.5, 0.6) is 0 Å². The van der Waals surface area contributed by atoms with E-state index in [0.717, 1.165) is 30.2 Å². The van der Waals surface area contributed by atoms with Crippen LogP contribution in [-0.2, 0) is 0 Å². The highest BCUT2D eigenvalue weighted by Crippen LogP contribution is 2.30. The van der Waals surface area contributed by atoms with E-state index in [-0.39, 0.29) is 11.9 Å². The summed E-state index contributed by atoms with van der Waals surface area (Å²) in [5, 5.41) is 4.61. The third-order valence-electron chi connectivity index (χ3n) is 4.76. The molecule has 1 aliphatic carbocycles. The zero-order valence-electron chi connectivity index (χ0n) is 13.9. The molecule has 0 unspecified atom stereocenters. The van der Waals surface area contributed by atoms with Crippen molar-refractivity contribution in [2.45, 2.75) is 38.6 Å². The molecular formula is C18H19ClFN5. The minimum atomic E-state index is -0.432. The molecule has 0 bridgehead atoms. The number of nitrogens with one attached hydrogen (secondary N) is 2. The Morgan fingerprint density at radius 3 is 3.00 bits per heavy atom. The molecule has 0 amide bonds. The Balaban J connectivity index is 1.67. The van der Waals surface area contributed by atoms with Crippen molar-refractivity contribution in [1.82, 2.24) is 19.9 Å². The smallest absolute Gasteiger partial charge is 0.183 e. The summed E-state index contributed by atoms with van der Waals surface area (Å²) in [6.07, 6.45) is 9.03. The van der Waals surface area contributed by atoms with Gasteiger partial charge in [-0.25, -0.2) is 19.3 Å². The molecular weight excluding hydrogens is 341 g/mol. The largest absolute Gasteiger partial charge is 0.365 e. The molecule has 7 heteroatoms. The Morgan fingerprint density at radius 1 is 1.28 bits per heavy atom. The number of pyridine rings is 1. The summed E-state index contributed by atoms with van der Waals surface area (Å²) in [5.74, 6) is 0.923.